The molecule has 74 valence electrons. The molecule has 0 unspecified atom stereocenters. The molecule has 14 heavy (non-hydrogen) atoms. The Morgan fingerprint density at radius 3 is 3.00 bits per heavy atom. The summed E-state index contributed by atoms with van der Waals surface area (Å²) in [6.07, 6.45) is 1.13. The predicted molar refractivity (Wildman–Crippen MR) is 53.5 cm³/mol. The van der Waals surface area contributed by atoms with E-state index in [-0.39, 0.29) is 17.5 Å². The molecule has 0 radical (unpaired) electrons. The predicted octanol–water partition coefficient (Wildman–Crippen LogP) is 2.28. The second kappa shape index (κ2) is 4.77. The molecule has 0 saturated carbocycles. The molecule has 0 aliphatic carbocycles. The fraction of sp³-hybridized carbons (Fsp3) is 0.100. The summed E-state index contributed by atoms with van der Waals surface area (Å²) in [4.78, 5) is 10.8. The molecular formula is C10H9ClFNO. The number of rotatable bonds is 3. The Balaban J connectivity index is 2.72. The van der Waals surface area contributed by atoms with E-state index >= 15 is 0 Å². The summed E-state index contributed by atoms with van der Waals surface area (Å²) in [5, 5.41) is 2.51. The molecule has 1 aromatic carbocycles. The lowest BCUT2D eigenvalue weighted by Gasteiger charge is -2.04. The number of hydrogen-bond acceptors (Lipinski definition) is 1. The van der Waals surface area contributed by atoms with E-state index in [4.69, 9.17) is 11.6 Å². The molecule has 0 aliphatic heterocycles. The van der Waals surface area contributed by atoms with Crippen molar-refractivity contribution in [2.75, 3.05) is 0 Å². The quantitative estimate of drug-likeness (QED) is 0.767. The third-order valence-corrected chi connectivity index (χ3v) is 1.96. The van der Waals surface area contributed by atoms with Crippen molar-refractivity contribution in [3.05, 3.63) is 47.3 Å². The van der Waals surface area contributed by atoms with E-state index in [1.807, 2.05) is 0 Å². The normalized spacial score (nSPS) is 9.57. The van der Waals surface area contributed by atoms with Crippen LogP contribution in [-0.2, 0) is 11.3 Å². The van der Waals surface area contributed by atoms with Gasteiger partial charge in [0, 0.05) is 12.1 Å². The Hall–Kier alpha value is -1.35. The highest BCUT2D eigenvalue weighted by molar-refractivity contribution is 6.30. The van der Waals surface area contributed by atoms with Gasteiger partial charge in [0.25, 0.3) is 0 Å². The summed E-state index contributed by atoms with van der Waals surface area (Å²) in [6.45, 7) is 3.39. The summed E-state index contributed by atoms with van der Waals surface area (Å²) in [5.41, 5.74) is 0.354. The largest absolute Gasteiger partial charge is 0.348 e. The van der Waals surface area contributed by atoms with Crippen molar-refractivity contribution < 1.29 is 9.18 Å². The van der Waals surface area contributed by atoms with Crippen molar-refractivity contribution >= 4 is 17.5 Å². The van der Waals surface area contributed by atoms with Gasteiger partial charge in [-0.05, 0) is 12.1 Å². The van der Waals surface area contributed by atoms with Crippen molar-refractivity contribution in [1.82, 2.24) is 5.32 Å². The molecule has 1 N–H and O–H groups in total. The summed E-state index contributed by atoms with van der Waals surface area (Å²) in [6, 6.07) is 4.64. The average molecular weight is 214 g/mol. The number of carbonyl (C=O) groups is 1. The summed E-state index contributed by atoms with van der Waals surface area (Å²) >= 11 is 5.56. The van der Waals surface area contributed by atoms with Gasteiger partial charge in [-0.2, -0.15) is 0 Å². The number of halogens is 2. The molecule has 1 amide bonds. The minimum atomic E-state index is -0.501. The van der Waals surface area contributed by atoms with Crippen LogP contribution in [0.3, 0.4) is 0 Å². The molecule has 0 spiro atoms. The molecule has 1 aromatic rings. The fourth-order valence-electron chi connectivity index (χ4n) is 0.939. The maximum Gasteiger partial charge on any atom is 0.243 e. The monoisotopic (exact) mass is 213 g/mol. The van der Waals surface area contributed by atoms with Crippen molar-refractivity contribution in [3.63, 3.8) is 0 Å². The number of nitrogens with one attached hydrogen (secondary N) is 1. The van der Waals surface area contributed by atoms with Gasteiger partial charge in [0.05, 0.1) is 5.02 Å². The van der Waals surface area contributed by atoms with Crippen LogP contribution in [0.5, 0.6) is 0 Å². The van der Waals surface area contributed by atoms with Crippen molar-refractivity contribution in [3.8, 4) is 0 Å². The highest BCUT2D eigenvalue weighted by Gasteiger charge is 2.05. The van der Waals surface area contributed by atoms with Crippen LogP contribution in [0.15, 0.2) is 30.9 Å². The summed E-state index contributed by atoms with van der Waals surface area (Å²) in [5.74, 6) is -0.845. The third kappa shape index (κ3) is 2.57. The number of carbonyl (C=O) groups excluding carboxylic acids is 1. The highest BCUT2D eigenvalue weighted by Crippen LogP contribution is 2.17. The molecular weight excluding hydrogens is 205 g/mol. The van der Waals surface area contributed by atoms with Crippen molar-refractivity contribution in [1.29, 1.82) is 0 Å². The van der Waals surface area contributed by atoms with Gasteiger partial charge in [0.15, 0.2) is 0 Å². The lowest BCUT2D eigenvalue weighted by molar-refractivity contribution is -0.116. The molecule has 0 bridgehead atoms. The van der Waals surface area contributed by atoms with E-state index < -0.39 is 5.82 Å². The second-order valence-corrected chi connectivity index (χ2v) is 3.04. The molecule has 0 aliphatic rings. The SMILES string of the molecule is C=CC(=O)NCc1cccc(Cl)c1F. The third-order valence-electron chi connectivity index (χ3n) is 1.67. The molecule has 1 rings (SSSR count). The minimum Gasteiger partial charge on any atom is -0.348 e. The molecule has 2 nitrogen and oxygen atoms in total. The maximum atomic E-state index is 13.2. The van der Waals surface area contributed by atoms with E-state index in [9.17, 15) is 9.18 Å². The zero-order chi connectivity index (χ0) is 10.6. The topological polar surface area (TPSA) is 29.1 Å². The zero-order valence-corrected chi connectivity index (χ0v) is 8.14. The summed E-state index contributed by atoms with van der Waals surface area (Å²) in [7, 11) is 0. The van der Waals surface area contributed by atoms with Crippen LogP contribution in [0.4, 0.5) is 4.39 Å². The van der Waals surface area contributed by atoms with Crippen LogP contribution in [0.25, 0.3) is 0 Å². The first-order chi connectivity index (χ1) is 6.65. The van der Waals surface area contributed by atoms with E-state index in [2.05, 4.69) is 11.9 Å². The molecule has 0 heterocycles. The van der Waals surface area contributed by atoms with Crippen LogP contribution in [0.2, 0.25) is 5.02 Å². The van der Waals surface area contributed by atoms with E-state index in [1.165, 1.54) is 6.07 Å². The Morgan fingerprint density at radius 2 is 2.36 bits per heavy atom. The van der Waals surface area contributed by atoms with Crippen LogP contribution < -0.4 is 5.32 Å². The second-order valence-electron chi connectivity index (χ2n) is 2.63. The Morgan fingerprint density at radius 1 is 1.64 bits per heavy atom. The average Bonchev–Trinajstić information content (AvgIpc) is 2.20. The smallest absolute Gasteiger partial charge is 0.243 e. The number of hydrogen-bond donors (Lipinski definition) is 1. The van der Waals surface area contributed by atoms with E-state index in [0.29, 0.717) is 5.56 Å². The first-order valence-corrected chi connectivity index (χ1v) is 4.36. The van der Waals surface area contributed by atoms with Crippen LogP contribution in [0.1, 0.15) is 5.56 Å². The van der Waals surface area contributed by atoms with Gasteiger partial charge in [0.2, 0.25) is 5.91 Å². The first-order valence-electron chi connectivity index (χ1n) is 3.98. The van der Waals surface area contributed by atoms with Gasteiger partial charge < -0.3 is 5.32 Å². The summed E-state index contributed by atoms with van der Waals surface area (Å²) < 4.78 is 13.2. The number of amides is 1. The molecule has 0 fully saturated rings. The maximum absolute atomic E-state index is 13.2. The van der Waals surface area contributed by atoms with E-state index in [0.717, 1.165) is 6.08 Å². The van der Waals surface area contributed by atoms with Crippen molar-refractivity contribution in [2.24, 2.45) is 0 Å². The van der Waals surface area contributed by atoms with Crippen LogP contribution in [0, 0.1) is 5.82 Å². The molecule has 0 saturated heterocycles. The van der Waals surface area contributed by atoms with Gasteiger partial charge in [-0.15, -0.1) is 0 Å². The van der Waals surface area contributed by atoms with Gasteiger partial charge in [0.1, 0.15) is 5.82 Å². The van der Waals surface area contributed by atoms with Gasteiger partial charge in [-0.1, -0.05) is 30.3 Å². The van der Waals surface area contributed by atoms with Crippen LogP contribution >= 0.6 is 11.6 Å². The fourth-order valence-corrected chi connectivity index (χ4v) is 1.13. The Kier molecular flexibility index (Phi) is 3.65. The van der Waals surface area contributed by atoms with Crippen molar-refractivity contribution in [2.45, 2.75) is 6.54 Å². The van der Waals surface area contributed by atoms with Gasteiger partial charge in [-0.3, -0.25) is 4.79 Å². The highest BCUT2D eigenvalue weighted by atomic mass is 35.5. The van der Waals surface area contributed by atoms with E-state index in [1.54, 1.807) is 12.1 Å². The first kappa shape index (κ1) is 10.7. The lowest BCUT2D eigenvalue weighted by Crippen LogP contribution is -2.20. The minimum absolute atomic E-state index is 0.0513. The van der Waals surface area contributed by atoms with Gasteiger partial charge in [-0.25, -0.2) is 4.39 Å². The number of benzene rings is 1. The molecule has 4 heteroatoms. The molecule has 0 atom stereocenters. The lowest BCUT2D eigenvalue weighted by atomic mass is 10.2. The Bertz CT molecular complexity index is 365. The standard InChI is InChI=1S/C10H9ClFNO/c1-2-9(14)13-6-7-4-3-5-8(11)10(7)12/h2-5H,1,6H2,(H,13,14). The Labute approximate surface area is 86.4 Å². The van der Waals surface area contributed by atoms with Gasteiger partial charge >= 0.3 is 0 Å². The molecule has 0 aromatic heterocycles. The van der Waals surface area contributed by atoms with Crippen LogP contribution in [-0.4, -0.2) is 5.91 Å². The zero-order valence-electron chi connectivity index (χ0n) is 7.39.